The Morgan fingerprint density at radius 3 is 2.33 bits per heavy atom. The summed E-state index contributed by atoms with van der Waals surface area (Å²) in [7, 11) is 1.77. The summed E-state index contributed by atoms with van der Waals surface area (Å²) in [5.74, 6) is 0.786. The maximum absolute atomic E-state index is 11.9. The molecule has 0 saturated carbocycles. The van der Waals surface area contributed by atoms with Crippen molar-refractivity contribution < 1.29 is 9.53 Å². The fourth-order valence-corrected chi connectivity index (χ4v) is 1.79. The molecular weight excluding hydrogens is 262 g/mol. The van der Waals surface area contributed by atoms with Crippen LogP contribution in [0.2, 0.25) is 0 Å². The van der Waals surface area contributed by atoms with Crippen molar-refractivity contribution in [1.29, 1.82) is 0 Å². The Labute approximate surface area is 125 Å². The van der Waals surface area contributed by atoms with Crippen LogP contribution in [0, 0.1) is 0 Å². The molecule has 0 saturated heterocycles. The van der Waals surface area contributed by atoms with E-state index in [1.54, 1.807) is 18.0 Å². The van der Waals surface area contributed by atoms with Crippen LogP contribution in [0.5, 0.6) is 5.75 Å². The molecule has 108 valence electrons. The molecule has 0 aromatic heterocycles. The lowest BCUT2D eigenvalue weighted by Crippen LogP contribution is -2.29. The van der Waals surface area contributed by atoms with E-state index in [1.807, 2.05) is 66.7 Å². The first-order chi connectivity index (χ1) is 10.3. The molecule has 0 N–H and O–H groups in total. The van der Waals surface area contributed by atoms with Gasteiger partial charge in [-0.2, -0.15) is 0 Å². The van der Waals surface area contributed by atoms with E-state index in [4.69, 9.17) is 4.74 Å². The van der Waals surface area contributed by atoms with Crippen molar-refractivity contribution in [2.24, 2.45) is 0 Å². The first-order valence-electron chi connectivity index (χ1n) is 6.92. The second-order valence-corrected chi connectivity index (χ2v) is 4.67. The molecule has 0 fully saturated rings. The van der Waals surface area contributed by atoms with Crippen molar-refractivity contribution in [3.05, 3.63) is 72.3 Å². The molecule has 2 aromatic rings. The number of carbonyl (C=O) groups excluding carboxylic acids is 1. The highest BCUT2D eigenvalue weighted by Gasteiger charge is 2.04. The highest BCUT2D eigenvalue weighted by atomic mass is 16.5. The van der Waals surface area contributed by atoms with Gasteiger partial charge in [0.1, 0.15) is 12.4 Å². The van der Waals surface area contributed by atoms with Gasteiger partial charge in [-0.1, -0.05) is 48.5 Å². The molecule has 0 spiro atoms. The van der Waals surface area contributed by atoms with Crippen LogP contribution in [0.15, 0.2) is 66.7 Å². The normalized spacial score (nSPS) is 10.5. The third kappa shape index (κ3) is 5.15. The van der Waals surface area contributed by atoms with E-state index in [0.717, 1.165) is 11.3 Å². The molecule has 2 rings (SSSR count). The SMILES string of the molecule is CN(CCOc1ccccc1)C(=O)/C=C/c1ccccc1. The number of carbonyl (C=O) groups is 1. The van der Waals surface area contributed by atoms with E-state index in [9.17, 15) is 4.79 Å². The molecule has 2 aromatic carbocycles. The monoisotopic (exact) mass is 281 g/mol. The number of hydrogen-bond acceptors (Lipinski definition) is 2. The highest BCUT2D eigenvalue weighted by Crippen LogP contribution is 2.08. The lowest BCUT2D eigenvalue weighted by atomic mass is 10.2. The summed E-state index contributed by atoms with van der Waals surface area (Å²) < 4.78 is 5.57. The Kier molecular flexibility index (Phi) is 5.59. The molecule has 0 radical (unpaired) electrons. The second-order valence-electron chi connectivity index (χ2n) is 4.67. The number of likely N-dealkylation sites (N-methyl/N-ethyl adjacent to an activating group) is 1. The van der Waals surface area contributed by atoms with E-state index < -0.39 is 0 Å². The van der Waals surface area contributed by atoms with Crippen LogP contribution in [0.1, 0.15) is 5.56 Å². The average Bonchev–Trinajstić information content (AvgIpc) is 2.54. The van der Waals surface area contributed by atoms with Gasteiger partial charge in [-0.3, -0.25) is 4.79 Å². The van der Waals surface area contributed by atoms with Crippen molar-refractivity contribution in [2.75, 3.05) is 20.2 Å². The van der Waals surface area contributed by atoms with Gasteiger partial charge in [0.25, 0.3) is 0 Å². The zero-order valence-corrected chi connectivity index (χ0v) is 12.1. The smallest absolute Gasteiger partial charge is 0.246 e. The van der Waals surface area contributed by atoms with Crippen LogP contribution in [0.25, 0.3) is 6.08 Å². The maximum Gasteiger partial charge on any atom is 0.246 e. The summed E-state index contributed by atoms with van der Waals surface area (Å²) in [5.41, 5.74) is 1.01. The molecule has 0 unspecified atom stereocenters. The summed E-state index contributed by atoms with van der Waals surface area (Å²) in [6.07, 6.45) is 3.40. The standard InChI is InChI=1S/C18H19NO2/c1-19(14-15-21-17-10-6-3-7-11-17)18(20)13-12-16-8-4-2-5-9-16/h2-13H,14-15H2,1H3/b13-12+. The number of ether oxygens (including phenoxy) is 1. The Balaban J connectivity index is 1.76. The minimum absolute atomic E-state index is 0.0319. The molecule has 0 aliphatic heterocycles. The van der Waals surface area contributed by atoms with Crippen LogP contribution in [0.4, 0.5) is 0 Å². The van der Waals surface area contributed by atoms with Crippen molar-refractivity contribution >= 4 is 12.0 Å². The predicted octanol–water partition coefficient (Wildman–Crippen LogP) is 3.24. The van der Waals surface area contributed by atoms with E-state index in [-0.39, 0.29) is 5.91 Å². The van der Waals surface area contributed by atoms with E-state index in [0.29, 0.717) is 13.2 Å². The van der Waals surface area contributed by atoms with Gasteiger partial charge in [-0.05, 0) is 23.8 Å². The van der Waals surface area contributed by atoms with Crippen LogP contribution in [-0.2, 0) is 4.79 Å². The van der Waals surface area contributed by atoms with Gasteiger partial charge in [0, 0.05) is 13.1 Å². The first kappa shape index (κ1) is 14.9. The molecule has 0 bridgehead atoms. The molecule has 1 amide bonds. The third-order valence-corrected chi connectivity index (χ3v) is 3.03. The first-order valence-corrected chi connectivity index (χ1v) is 6.92. The van der Waals surface area contributed by atoms with Crippen LogP contribution >= 0.6 is 0 Å². The predicted molar refractivity (Wildman–Crippen MR) is 85.1 cm³/mol. The lowest BCUT2D eigenvalue weighted by Gasteiger charge is -2.15. The summed E-state index contributed by atoms with van der Waals surface area (Å²) in [5, 5.41) is 0. The third-order valence-electron chi connectivity index (χ3n) is 3.03. The van der Waals surface area contributed by atoms with Gasteiger partial charge >= 0.3 is 0 Å². The van der Waals surface area contributed by atoms with Crippen molar-refractivity contribution in [1.82, 2.24) is 4.90 Å². The Bertz CT molecular complexity index is 579. The topological polar surface area (TPSA) is 29.5 Å². The second kappa shape index (κ2) is 7.90. The van der Waals surface area contributed by atoms with Crippen LogP contribution in [-0.4, -0.2) is 31.0 Å². The van der Waals surface area contributed by atoms with Gasteiger partial charge in [0.2, 0.25) is 5.91 Å². The fraction of sp³-hybridized carbons (Fsp3) is 0.167. The van der Waals surface area contributed by atoms with Crippen molar-refractivity contribution in [3.8, 4) is 5.75 Å². The van der Waals surface area contributed by atoms with Crippen molar-refractivity contribution in [2.45, 2.75) is 0 Å². The minimum atomic E-state index is -0.0319. The maximum atomic E-state index is 11.9. The number of benzene rings is 2. The Morgan fingerprint density at radius 2 is 1.67 bits per heavy atom. The average molecular weight is 281 g/mol. The largest absolute Gasteiger partial charge is 0.492 e. The van der Waals surface area contributed by atoms with E-state index in [1.165, 1.54) is 0 Å². The Morgan fingerprint density at radius 1 is 1.05 bits per heavy atom. The number of amides is 1. The molecule has 0 aliphatic rings. The van der Waals surface area contributed by atoms with Gasteiger partial charge in [-0.15, -0.1) is 0 Å². The number of nitrogens with zero attached hydrogens (tertiary/aromatic N) is 1. The summed E-state index contributed by atoms with van der Waals surface area (Å²) in [6, 6.07) is 19.4. The number of rotatable bonds is 6. The molecule has 0 heterocycles. The quantitative estimate of drug-likeness (QED) is 0.761. The van der Waals surface area contributed by atoms with Crippen molar-refractivity contribution in [3.63, 3.8) is 0 Å². The highest BCUT2D eigenvalue weighted by molar-refractivity contribution is 5.91. The molecule has 3 nitrogen and oxygen atoms in total. The Hall–Kier alpha value is -2.55. The summed E-state index contributed by atoms with van der Waals surface area (Å²) in [4.78, 5) is 13.6. The fourth-order valence-electron chi connectivity index (χ4n) is 1.79. The molecule has 0 aliphatic carbocycles. The summed E-state index contributed by atoms with van der Waals surface area (Å²) >= 11 is 0. The molecule has 21 heavy (non-hydrogen) atoms. The van der Waals surface area contributed by atoms with Crippen LogP contribution < -0.4 is 4.74 Å². The van der Waals surface area contributed by atoms with Gasteiger partial charge in [0.15, 0.2) is 0 Å². The molecule has 0 atom stereocenters. The summed E-state index contributed by atoms with van der Waals surface area (Å²) in [6.45, 7) is 1.03. The van der Waals surface area contributed by atoms with Gasteiger partial charge in [-0.25, -0.2) is 0 Å². The number of para-hydroxylation sites is 1. The number of hydrogen-bond donors (Lipinski definition) is 0. The molecule has 3 heteroatoms. The van der Waals surface area contributed by atoms with Crippen LogP contribution in [0.3, 0.4) is 0 Å². The zero-order chi connectivity index (χ0) is 14.9. The zero-order valence-electron chi connectivity index (χ0n) is 12.1. The minimum Gasteiger partial charge on any atom is -0.492 e. The van der Waals surface area contributed by atoms with Gasteiger partial charge in [0.05, 0.1) is 6.54 Å². The molecular formula is C18H19NO2. The van der Waals surface area contributed by atoms with E-state index >= 15 is 0 Å². The van der Waals surface area contributed by atoms with Gasteiger partial charge < -0.3 is 9.64 Å². The van der Waals surface area contributed by atoms with E-state index in [2.05, 4.69) is 0 Å². The lowest BCUT2D eigenvalue weighted by molar-refractivity contribution is -0.125.